The van der Waals surface area contributed by atoms with Crippen LogP contribution in [0.1, 0.15) is 119 Å². The summed E-state index contributed by atoms with van der Waals surface area (Å²) in [5.74, 6) is -1.84. The van der Waals surface area contributed by atoms with Crippen molar-refractivity contribution in [2.45, 2.75) is 143 Å². The SMILES string of the molecule is CC(=O)O[C@H]1C[C@@]2(C)[C@@H](C[C@@H](O)C3[C@]2(C)CC[C@H]2[C@H](C)[C@H](O)CC[C@]32C)/C1=C(\CCC=C(C)C)C(=O)O.NCCCCC(N)C(=O)O. The number of carboxylic acid groups (broad SMARTS) is 2. The molecule has 47 heavy (non-hydrogen) atoms. The van der Waals surface area contributed by atoms with E-state index in [1.54, 1.807) is 0 Å². The summed E-state index contributed by atoms with van der Waals surface area (Å²) in [6, 6.07) is -0.716. The minimum absolute atomic E-state index is 0.0474. The molecular formula is C37H62N2O8. The van der Waals surface area contributed by atoms with Crippen molar-refractivity contribution < 1.29 is 39.5 Å². The fourth-order valence-electron chi connectivity index (χ4n) is 10.4. The largest absolute Gasteiger partial charge is 0.480 e. The molecular weight excluding hydrogens is 600 g/mol. The van der Waals surface area contributed by atoms with Gasteiger partial charge in [0.25, 0.3) is 0 Å². The number of carbonyl (C=O) groups excluding carboxylic acids is 1. The number of rotatable bonds is 10. The molecule has 0 radical (unpaired) electrons. The van der Waals surface area contributed by atoms with Gasteiger partial charge in [-0.15, -0.1) is 0 Å². The number of hydrogen-bond donors (Lipinski definition) is 6. The van der Waals surface area contributed by atoms with Crippen molar-refractivity contribution in [3.8, 4) is 0 Å². The number of aliphatic hydroxyl groups is 2. The summed E-state index contributed by atoms with van der Waals surface area (Å²) in [7, 11) is 0. The molecule has 4 rings (SSSR count). The first kappa shape index (κ1) is 39.2. The molecule has 0 aromatic rings. The zero-order valence-electron chi connectivity index (χ0n) is 29.8. The summed E-state index contributed by atoms with van der Waals surface area (Å²) in [5.41, 5.74) is 12.0. The highest BCUT2D eigenvalue weighted by Gasteiger charge is 2.70. The number of esters is 1. The molecule has 0 heterocycles. The third-order valence-corrected chi connectivity index (χ3v) is 12.9. The zero-order chi connectivity index (χ0) is 35.5. The Kier molecular flexibility index (Phi) is 12.9. The Morgan fingerprint density at radius 3 is 2.21 bits per heavy atom. The zero-order valence-corrected chi connectivity index (χ0v) is 29.8. The molecule has 0 spiro atoms. The third-order valence-electron chi connectivity index (χ3n) is 12.9. The lowest BCUT2D eigenvalue weighted by Gasteiger charge is -2.69. The maximum absolute atomic E-state index is 12.6. The summed E-state index contributed by atoms with van der Waals surface area (Å²) in [5, 5.41) is 41.2. The summed E-state index contributed by atoms with van der Waals surface area (Å²) in [4.78, 5) is 35.0. The van der Waals surface area contributed by atoms with Crippen LogP contribution in [0.25, 0.3) is 0 Å². The maximum Gasteiger partial charge on any atom is 0.331 e. The standard InChI is InChI=1S/C31H48O6.C6H14N2O2/c1-17(2)9-8-10-20(28(35)36)26-22-15-24(34)27-29(5)13-12-23(33)18(3)21(29)11-14-30(27,6)31(22,7)16-25(26)37-19(4)32;7-4-2-1-3-5(8)6(9)10/h9,18,21-25,27,33-34H,8,10-16H2,1-7H3,(H,35,36);5H,1-4,7-8H2,(H,9,10)/b26-20-;/t18-,21-,22-,23+,24+,25-,27?,29-,30-,31-;/m0./s1. The number of fused-ring (bicyclic) bond motifs is 5. The van der Waals surface area contributed by atoms with Crippen LogP contribution in [-0.4, -0.2) is 69.2 Å². The molecule has 0 amide bonds. The van der Waals surface area contributed by atoms with Gasteiger partial charge in [-0.2, -0.15) is 0 Å². The monoisotopic (exact) mass is 662 g/mol. The van der Waals surface area contributed by atoms with Gasteiger partial charge in [0.2, 0.25) is 0 Å². The summed E-state index contributed by atoms with van der Waals surface area (Å²) in [6.07, 6.45) is 8.39. The Bertz CT molecular complexity index is 1210. The van der Waals surface area contributed by atoms with E-state index in [0.717, 1.165) is 49.7 Å². The highest BCUT2D eigenvalue weighted by atomic mass is 16.5. The van der Waals surface area contributed by atoms with Gasteiger partial charge in [-0.1, -0.05) is 45.8 Å². The van der Waals surface area contributed by atoms with Crippen LogP contribution >= 0.6 is 0 Å². The average Bonchev–Trinajstić information content (AvgIpc) is 3.24. The van der Waals surface area contributed by atoms with Gasteiger partial charge in [-0.25, -0.2) is 4.79 Å². The van der Waals surface area contributed by atoms with Crippen LogP contribution in [0.3, 0.4) is 0 Å². The average molecular weight is 663 g/mol. The second kappa shape index (κ2) is 15.5. The Balaban J connectivity index is 0.000000520. The molecule has 8 N–H and O–H groups in total. The number of unbranched alkanes of at least 4 members (excludes halogenated alkanes) is 1. The molecule has 4 aliphatic rings. The molecule has 4 aliphatic carbocycles. The van der Waals surface area contributed by atoms with Gasteiger partial charge in [0.1, 0.15) is 12.1 Å². The molecule has 268 valence electrons. The minimum Gasteiger partial charge on any atom is -0.480 e. The van der Waals surface area contributed by atoms with Gasteiger partial charge in [-0.05, 0) is 130 Å². The number of hydrogen-bond acceptors (Lipinski definition) is 8. The van der Waals surface area contributed by atoms with Crippen LogP contribution < -0.4 is 11.5 Å². The number of ether oxygens (including phenoxy) is 1. The van der Waals surface area contributed by atoms with Gasteiger partial charge < -0.3 is 36.6 Å². The van der Waals surface area contributed by atoms with Crippen molar-refractivity contribution in [3.63, 3.8) is 0 Å². The van der Waals surface area contributed by atoms with Crippen LogP contribution in [0.5, 0.6) is 0 Å². The number of aliphatic carboxylic acids is 2. The van der Waals surface area contributed by atoms with Gasteiger partial charge in [0, 0.05) is 12.5 Å². The normalized spacial score (nSPS) is 39.2. The van der Waals surface area contributed by atoms with E-state index in [4.69, 9.17) is 21.3 Å². The maximum atomic E-state index is 12.6. The van der Waals surface area contributed by atoms with Crippen molar-refractivity contribution in [1.29, 1.82) is 0 Å². The smallest absolute Gasteiger partial charge is 0.331 e. The molecule has 0 saturated heterocycles. The highest BCUT2D eigenvalue weighted by Crippen LogP contribution is 2.74. The van der Waals surface area contributed by atoms with Gasteiger partial charge in [0.05, 0.1) is 12.2 Å². The minimum atomic E-state index is -0.953. The Morgan fingerprint density at radius 2 is 1.66 bits per heavy atom. The van der Waals surface area contributed by atoms with Crippen molar-refractivity contribution in [1.82, 2.24) is 0 Å². The number of allylic oxidation sites excluding steroid dienone is 2. The molecule has 0 aliphatic heterocycles. The van der Waals surface area contributed by atoms with Gasteiger partial charge in [0.15, 0.2) is 0 Å². The highest BCUT2D eigenvalue weighted by molar-refractivity contribution is 5.88. The second-order valence-electron chi connectivity index (χ2n) is 15.9. The lowest BCUT2D eigenvalue weighted by Crippen LogP contribution is -2.65. The first-order valence-corrected chi connectivity index (χ1v) is 17.7. The molecule has 4 saturated carbocycles. The van der Waals surface area contributed by atoms with E-state index >= 15 is 0 Å². The van der Waals surface area contributed by atoms with E-state index in [1.165, 1.54) is 6.92 Å². The first-order chi connectivity index (χ1) is 21.8. The van der Waals surface area contributed by atoms with Gasteiger partial charge >= 0.3 is 17.9 Å². The van der Waals surface area contributed by atoms with Crippen molar-refractivity contribution in [3.05, 3.63) is 22.8 Å². The van der Waals surface area contributed by atoms with Crippen LogP contribution in [0, 0.1) is 39.9 Å². The van der Waals surface area contributed by atoms with Crippen molar-refractivity contribution in [2.75, 3.05) is 6.54 Å². The van der Waals surface area contributed by atoms with E-state index in [2.05, 4.69) is 27.7 Å². The fourth-order valence-corrected chi connectivity index (χ4v) is 10.4. The number of carbonyl (C=O) groups is 3. The van der Waals surface area contributed by atoms with Crippen LogP contribution in [0.2, 0.25) is 0 Å². The summed E-state index contributed by atoms with van der Waals surface area (Å²) >= 11 is 0. The lowest BCUT2D eigenvalue weighted by molar-refractivity contribution is -0.234. The number of carboxylic acids is 2. The molecule has 2 unspecified atom stereocenters. The Hall–Kier alpha value is -2.27. The quantitative estimate of drug-likeness (QED) is 0.0784. The number of aliphatic hydroxyl groups excluding tert-OH is 2. The van der Waals surface area contributed by atoms with E-state index in [-0.39, 0.29) is 40.1 Å². The molecule has 10 nitrogen and oxygen atoms in total. The van der Waals surface area contributed by atoms with E-state index in [1.807, 2.05) is 19.9 Å². The van der Waals surface area contributed by atoms with Crippen molar-refractivity contribution in [2.24, 2.45) is 51.4 Å². The first-order valence-electron chi connectivity index (χ1n) is 17.7. The van der Waals surface area contributed by atoms with E-state index < -0.39 is 36.2 Å². The Labute approximate surface area is 281 Å². The topological polar surface area (TPSA) is 193 Å². The third kappa shape index (κ3) is 7.81. The molecule has 0 aromatic heterocycles. The predicted molar refractivity (Wildman–Crippen MR) is 181 cm³/mol. The molecule has 4 fully saturated rings. The number of nitrogens with two attached hydrogens (primary N) is 2. The summed E-state index contributed by atoms with van der Waals surface area (Å²) in [6.45, 7) is 15.1. The van der Waals surface area contributed by atoms with Crippen LogP contribution in [0.15, 0.2) is 22.8 Å². The van der Waals surface area contributed by atoms with Crippen LogP contribution in [0.4, 0.5) is 0 Å². The van der Waals surface area contributed by atoms with E-state index in [9.17, 15) is 29.7 Å². The van der Waals surface area contributed by atoms with Crippen molar-refractivity contribution >= 4 is 17.9 Å². The Morgan fingerprint density at radius 1 is 1.00 bits per heavy atom. The predicted octanol–water partition coefficient (Wildman–Crippen LogP) is 5.19. The molecule has 0 aromatic carbocycles. The van der Waals surface area contributed by atoms with Crippen LogP contribution in [-0.2, 0) is 19.1 Å². The molecule has 11 atom stereocenters. The van der Waals surface area contributed by atoms with Gasteiger partial charge in [-0.3, -0.25) is 9.59 Å². The molecule has 0 bridgehead atoms. The fraction of sp³-hybridized carbons (Fsp3) is 0.811. The molecule has 10 heteroatoms. The second-order valence-corrected chi connectivity index (χ2v) is 15.9. The lowest BCUT2D eigenvalue weighted by atomic mass is 9.36. The van der Waals surface area contributed by atoms with E-state index in [0.29, 0.717) is 50.1 Å². The summed E-state index contributed by atoms with van der Waals surface area (Å²) < 4.78 is 5.87.